The normalized spacial score (nSPS) is 17.6. The van der Waals surface area contributed by atoms with E-state index < -0.39 is 0 Å². The molecule has 2 aromatic rings. The second-order valence-electron chi connectivity index (χ2n) is 5.38. The van der Waals surface area contributed by atoms with Crippen LogP contribution in [0.25, 0.3) is 0 Å². The summed E-state index contributed by atoms with van der Waals surface area (Å²) in [6.07, 6.45) is 3.32. The fourth-order valence-electron chi connectivity index (χ4n) is 2.89. The Hall–Kier alpha value is -1.67. The van der Waals surface area contributed by atoms with Crippen LogP contribution >= 0.6 is 11.6 Å². The Bertz CT molecular complexity index is 639. The van der Waals surface area contributed by atoms with Crippen molar-refractivity contribution in [3.05, 3.63) is 58.1 Å². The first kappa shape index (κ1) is 13.3. The van der Waals surface area contributed by atoms with Gasteiger partial charge in [-0.15, -0.1) is 0 Å². The molecule has 20 heavy (non-hydrogen) atoms. The lowest BCUT2D eigenvalue weighted by molar-refractivity contribution is 0.471. The average molecular weight is 288 g/mol. The Morgan fingerprint density at radius 1 is 1.25 bits per heavy atom. The SMILES string of the molecule is Cc1c(Cl)cccc1NC1CCCc2ccc(O)cc21. The van der Waals surface area contributed by atoms with Gasteiger partial charge in [0.1, 0.15) is 5.75 Å². The van der Waals surface area contributed by atoms with Gasteiger partial charge in [-0.2, -0.15) is 0 Å². The standard InChI is InChI=1S/C17H18ClNO/c1-11-15(18)5-3-6-16(11)19-17-7-2-4-12-8-9-13(20)10-14(12)17/h3,5-6,8-10,17,19-20H,2,4,7H2,1H3. The van der Waals surface area contributed by atoms with Gasteiger partial charge in [0.25, 0.3) is 0 Å². The van der Waals surface area contributed by atoms with E-state index in [1.54, 1.807) is 6.07 Å². The molecule has 0 fully saturated rings. The Balaban J connectivity index is 1.93. The van der Waals surface area contributed by atoms with Crippen LogP contribution in [0.5, 0.6) is 5.75 Å². The fourth-order valence-corrected chi connectivity index (χ4v) is 3.06. The highest BCUT2D eigenvalue weighted by atomic mass is 35.5. The lowest BCUT2D eigenvalue weighted by Gasteiger charge is -2.28. The van der Waals surface area contributed by atoms with Crippen molar-refractivity contribution in [3.63, 3.8) is 0 Å². The molecule has 0 saturated carbocycles. The summed E-state index contributed by atoms with van der Waals surface area (Å²) in [5.74, 6) is 0.334. The molecule has 0 bridgehead atoms. The summed E-state index contributed by atoms with van der Waals surface area (Å²) in [5.41, 5.74) is 4.67. The Morgan fingerprint density at radius 2 is 2.10 bits per heavy atom. The number of hydrogen-bond donors (Lipinski definition) is 2. The molecule has 2 N–H and O–H groups in total. The monoisotopic (exact) mass is 287 g/mol. The topological polar surface area (TPSA) is 32.3 Å². The third kappa shape index (κ3) is 2.48. The van der Waals surface area contributed by atoms with Crippen LogP contribution in [0, 0.1) is 6.92 Å². The average Bonchev–Trinajstić information content (AvgIpc) is 2.44. The lowest BCUT2D eigenvalue weighted by atomic mass is 9.87. The molecule has 0 saturated heterocycles. The summed E-state index contributed by atoms with van der Waals surface area (Å²) in [6, 6.07) is 11.8. The molecule has 2 aromatic carbocycles. The van der Waals surface area contributed by atoms with Gasteiger partial charge < -0.3 is 10.4 Å². The Labute approximate surface area is 124 Å². The number of fused-ring (bicyclic) bond motifs is 1. The Kier molecular flexibility index (Phi) is 3.58. The molecule has 0 heterocycles. The first-order valence-electron chi connectivity index (χ1n) is 6.98. The fraction of sp³-hybridized carbons (Fsp3) is 0.294. The number of rotatable bonds is 2. The zero-order valence-corrected chi connectivity index (χ0v) is 12.2. The van der Waals surface area contributed by atoms with Crippen molar-refractivity contribution in [2.24, 2.45) is 0 Å². The highest BCUT2D eigenvalue weighted by Gasteiger charge is 2.21. The molecule has 1 unspecified atom stereocenters. The molecule has 0 aromatic heterocycles. The summed E-state index contributed by atoms with van der Waals surface area (Å²) in [6.45, 7) is 2.02. The van der Waals surface area contributed by atoms with E-state index in [2.05, 4.69) is 11.4 Å². The number of benzene rings is 2. The number of phenolic OH excluding ortho intramolecular Hbond substituents is 1. The van der Waals surface area contributed by atoms with Crippen LogP contribution < -0.4 is 5.32 Å². The molecular formula is C17H18ClNO. The van der Waals surface area contributed by atoms with Crippen molar-refractivity contribution in [1.29, 1.82) is 0 Å². The van der Waals surface area contributed by atoms with Gasteiger partial charge in [0.15, 0.2) is 0 Å². The van der Waals surface area contributed by atoms with Crippen molar-refractivity contribution in [2.45, 2.75) is 32.2 Å². The quantitative estimate of drug-likeness (QED) is 0.828. The highest BCUT2D eigenvalue weighted by molar-refractivity contribution is 6.31. The number of aryl methyl sites for hydroxylation is 1. The second-order valence-corrected chi connectivity index (χ2v) is 5.79. The zero-order chi connectivity index (χ0) is 14.1. The van der Waals surface area contributed by atoms with Gasteiger partial charge in [-0.1, -0.05) is 23.7 Å². The third-order valence-corrected chi connectivity index (χ3v) is 4.45. The van der Waals surface area contributed by atoms with Gasteiger partial charge in [-0.3, -0.25) is 0 Å². The summed E-state index contributed by atoms with van der Waals surface area (Å²) in [7, 11) is 0. The molecule has 0 spiro atoms. The van der Waals surface area contributed by atoms with E-state index in [-0.39, 0.29) is 6.04 Å². The van der Waals surface area contributed by atoms with Crippen LogP contribution in [0.3, 0.4) is 0 Å². The van der Waals surface area contributed by atoms with Crippen molar-refractivity contribution < 1.29 is 5.11 Å². The number of phenols is 1. The molecule has 2 nitrogen and oxygen atoms in total. The largest absolute Gasteiger partial charge is 0.508 e. The number of halogens is 1. The smallest absolute Gasteiger partial charge is 0.115 e. The van der Waals surface area contributed by atoms with E-state index in [1.165, 1.54) is 11.1 Å². The van der Waals surface area contributed by atoms with Crippen molar-refractivity contribution in [3.8, 4) is 5.75 Å². The zero-order valence-electron chi connectivity index (χ0n) is 11.5. The van der Waals surface area contributed by atoms with Crippen LogP contribution in [-0.2, 0) is 6.42 Å². The maximum absolute atomic E-state index is 9.72. The van der Waals surface area contributed by atoms with E-state index in [9.17, 15) is 5.11 Å². The number of nitrogens with one attached hydrogen (secondary N) is 1. The van der Waals surface area contributed by atoms with Crippen LogP contribution in [0.4, 0.5) is 5.69 Å². The van der Waals surface area contributed by atoms with E-state index in [0.717, 1.165) is 35.5 Å². The summed E-state index contributed by atoms with van der Waals surface area (Å²) in [5, 5.41) is 14.1. The van der Waals surface area contributed by atoms with Crippen molar-refractivity contribution in [2.75, 3.05) is 5.32 Å². The van der Waals surface area contributed by atoms with Gasteiger partial charge in [-0.05, 0) is 67.1 Å². The van der Waals surface area contributed by atoms with Crippen LogP contribution in [-0.4, -0.2) is 5.11 Å². The van der Waals surface area contributed by atoms with Crippen LogP contribution in [0.15, 0.2) is 36.4 Å². The van der Waals surface area contributed by atoms with E-state index in [0.29, 0.717) is 5.75 Å². The molecule has 1 aliphatic rings. The van der Waals surface area contributed by atoms with Gasteiger partial charge >= 0.3 is 0 Å². The van der Waals surface area contributed by atoms with E-state index >= 15 is 0 Å². The highest BCUT2D eigenvalue weighted by Crippen LogP contribution is 2.35. The number of hydrogen-bond acceptors (Lipinski definition) is 2. The Morgan fingerprint density at radius 3 is 2.95 bits per heavy atom. The molecule has 0 amide bonds. The van der Waals surface area contributed by atoms with E-state index in [4.69, 9.17) is 11.6 Å². The minimum Gasteiger partial charge on any atom is -0.508 e. The maximum atomic E-state index is 9.72. The second kappa shape index (κ2) is 5.37. The molecular weight excluding hydrogens is 270 g/mol. The van der Waals surface area contributed by atoms with E-state index in [1.807, 2.05) is 31.2 Å². The minimum atomic E-state index is 0.239. The molecule has 1 atom stereocenters. The predicted octanol–water partition coefficient (Wildman–Crippen LogP) is 4.84. The van der Waals surface area contributed by atoms with Crippen molar-refractivity contribution >= 4 is 17.3 Å². The molecule has 3 rings (SSSR count). The van der Waals surface area contributed by atoms with Gasteiger partial charge in [0.05, 0.1) is 6.04 Å². The van der Waals surface area contributed by atoms with Crippen LogP contribution in [0.1, 0.15) is 35.6 Å². The van der Waals surface area contributed by atoms with Crippen LogP contribution in [0.2, 0.25) is 5.02 Å². The summed E-state index contributed by atoms with van der Waals surface area (Å²) < 4.78 is 0. The minimum absolute atomic E-state index is 0.239. The van der Waals surface area contributed by atoms with Gasteiger partial charge in [0, 0.05) is 10.7 Å². The lowest BCUT2D eigenvalue weighted by Crippen LogP contribution is -2.17. The third-order valence-electron chi connectivity index (χ3n) is 4.04. The van der Waals surface area contributed by atoms with Crippen molar-refractivity contribution in [1.82, 2.24) is 0 Å². The van der Waals surface area contributed by atoms with Gasteiger partial charge in [0.2, 0.25) is 0 Å². The number of anilines is 1. The molecule has 0 aliphatic heterocycles. The molecule has 0 radical (unpaired) electrons. The molecule has 1 aliphatic carbocycles. The summed E-state index contributed by atoms with van der Waals surface area (Å²) in [4.78, 5) is 0. The maximum Gasteiger partial charge on any atom is 0.115 e. The number of aromatic hydroxyl groups is 1. The predicted molar refractivity (Wildman–Crippen MR) is 83.6 cm³/mol. The first-order valence-corrected chi connectivity index (χ1v) is 7.36. The van der Waals surface area contributed by atoms with Gasteiger partial charge in [-0.25, -0.2) is 0 Å². The molecule has 3 heteroatoms. The summed E-state index contributed by atoms with van der Waals surface area (Å²) >= 11 is 6.18. The molecule has 104 valence electrons. The first-order chi connectivity index (χ1) is 9.65.